The minimum atomic E-state index is -1.10. The van der Waals surface area contributed by atoms with Crippen molar-refractivity contribution < 1.29 is 43.0 Å². The molecule has 5 unspecified atom stereocenters. The third kappa shape index (κ3) is 15.6. The van der Waals surface area contributed by atoms with Crippen LogP contribution in [0.3, 0.4) is 0 Å². The lowest BCUT2D eigenvalue weighted by atomic mass is 9.93. The Bertz CT molecular complexity index is 2130. The number of epoxide rings is 1. The van der Waals surface area contributed by atoms with E-state index < -0.39 is 59.2 Å². The minimum absolute atomic E-state index is 0.0460. The van der Waals surface area contributed by atoms with Crippen molar-refractivity contribution in [3.8, 4) is 5.75 Å². The van der Waals surface area contributed by atoms with Crippen molar-refractivity contribution in [2.75, 3.05) is 37.7 Å². The highest BCUT2D eigenvalue weighted by atomic mass is 16.6. The fourth-order valence-electron chi connectivity index (χ4n) is 7.82. The van der Waals surface area contributed by atoms with E-state index in [0.717, 1.165) is 16.8 Å². The first-order valence-electron chi connectivity index (χ1n) is 23.2. The molecule has 5 atom stereocenters. The zero-order valence-electron chi connectivity index (χ0n) is 40.1. The smallest absolute Gasteiger partial charge is 0.413 e. The zero-order chi connectivity index (χ0) is 48.2. The number of hydrogen-bond acceptors (Lipinski definition) is 10. The van der Waals surface area contributed by atoms with Crippen molar-refractivity contribution in [1.82, 2.24) is 26.2 Å². The molecule has 0 bridgehead atoms. The Labute approximate surface area is 390 Å². The first kappa shape index (κ1) is 51.0. The van der Waals surface area contributed by atoms with Crippen LogP contribution in [-0.2, 0) is 41.5 Å². The van der Waals surface area contributed by atoms with Gasteiger partial charge in [-0.15, -0.1) is 0 Å². The number of carbonyl (C=O) groups excluding carboxylic acids is 6. The number of aryl methyl sites for hydroxylation is 2. The van der Waals surface area contributed by atoms with Gasteiger partial charge in [0.25, 0.3) is 0 Å². The molecule has 5 amide bonds. The number of ether oxygens (including phenoxy) is 3. The molecule has 0 aliphatic carbocycles. The molecule has 4 N–H and O–H groups in total. The standard InChI is InChI=1S/C51H70N6O9/c1-33(2)28-40(44(58)51(9)32-64-51)52-47(61)42(31-37-18-14-11-15-19-37)54-46(60)41(29-34(3)4)53-45(59)39(22-20-36-16-12-10-13-17-36)55-48(62)65-43-23-21-38(30-35(43)5)56-24-26-57(27-25-56)49(63)66-50(6,7)8/h10-19,21,23,30,33-34,39-42H,20,22,24-29,31-32H2,1-9H3,(H,52,61)(H,53,59)(H,54,60)(H,55,62). The molecule has 3 aromatic rings. The van der Waals surface area contributed by atoms with Gasteiger partial charge in [-0.05, 0) is 107 Å². The molecule has 0 saturated carbocycles. The van der Waals surface area contributed by atoms with E-state index >= 15 is 0 Å². The number of Topliss-reactive ketones (excluding diaryl/α,β-unsaturated/α-hetero) is 1. The number of anilines is 1. The van der Waals surface area contributed by atoms with Crippen LogP contribution in [0.1, 0.15) is 91.3 Å². The average Bonchev–Trinajstić information content (AvgIpc) is 4.02. The quantitative estimate of drug-likeness (QED) is 0.0939. The Morgan fingerprint density at radius 3 is 1.79 bits per heavy atom. The summed E-state index contributed by atoms with van der Waals surface area (Å²) in [6, 6.07) is 20.2. The molecule has 3 aromatic carbocycles. The molecule has 2 aliphatic heterocycles. The Morgan fingerprint density at radius 2 is 1.23 bits per heavy atom. The number of hydrogen-bond donors (Lipinski definition) is 4. The van der Waals surface area contributed by atoms with Gasteiger partial charge in [0.05, 0.1) is 12.6 Å². The van der Waals surface area contributed by atoms with Crippen molar-refractivity contribution in [3.63, 3.8) is 0 Å². The number of ketones is 1. The number of nitrogens with zero attached hydrogens (tertiary/aromatic N) is 2. The van der Waals surface area contributed by atoms with Gasteiger partial charge in [0.15, 0.2) is 5.78 Å². The lowest BCUT2D eigenvalue weighted by molar-refractivity contribution is -0.134. The molecular formula is C51H70N6O9. The monoisotopic (exact) mass is 911 g/mol. The minimum Gasteiger partial charge on any atom is -0.444 e. The van der Waals surface area contributed by atoms with E-state index in [9.17, 15) is 28.8 Å². The maximum Gasteiger partial charge on any atom is 0.413 e. The topological polar surface area (TPSA) is 188 Å². The van der Waals surface area contributed by atoms with Gasteiger partial charge >= 0.3 is 12.2 Å². The second-order valence-electron chi connectivity index (χ2n) is 19.5. The predicted octanol–water partition coefficient (Wildman–Crippen LogP) is 6.29. The molecular weight excluding hydrogens is 841 g/mol. The maximum absolute atomic E-state index is 14.3. The fraction of sp³-hybridized carbons (Fsp3) is 0.529. The molecule has 0 radical (unpaired) electrons. The third-order valence-electron chi connectivity index (χ3n) is 11.5. The van der Waals surface area contributed by atoms with Crippen LogP contribution >= 0.6 is 0 Å². The molecule has 0 aromatic heterocycles. The van der Waals surface area contributed by atoms with Gasteiger partial charge in [0.1, 0.15) is 35.1 Å². The number of amides is 5. The Balaban J connectivity index is 1.29. The highest BCUT2D eigenvalue weighted by Crippen LogP contribution is 2.30. The first-order valence-corrected chi connectivity index (χ1v) is 23.2. The van der Waals surface area contributed by atoms with Crippen molar-refractivity contribution in [2.24, 2.45) is 11.8 Å². The van der Waals surface area contributed by atoms with Crippen molar-refractivity contribution in [1.29, 1.82) is 0 Å². The number of rotatable bonds is 20. The highest BCUT2D eigenvalue weighted by Gasteiger charge is 2.50. The summed E-state index contributed by atoms with van der Waals surface area (Å²) in [4.78, 5) is 86.2. The van der Waals surface area contributed by atoms with Gasteiger partial charge in [0.2, 0.25) is 17.7 Å². The normalized spacial score (nSPS) is 17.8. The number of piperazine rings is 1. The molecule has 2 saturated heterocycles. The SMILES string of the molecule is Cc1cc(N2CCN(C(=O)OC(C)(C)C)CC2)ccc1OC(=O)NC(CCc1ccccc1)C(=O)NC(CC(C)C)C(=O)NC(Cc1ccccc1)C(=O)NC(CC(C)C)C(=O)C1(C)CO1. The van der Waals surface area contributed by atoms with Gasteiger partial charge < -0.3 is 45.3 Å². The molecule has 2 fully saturated rings. The van der Waals surface area contributed by atoms with E-state index in [1.807, 2.05) is 128 Å². The molecule has 5 rings (SSSR count). The van der Waals surface area contributed by atoms with Gasteiger partial charge in [-0.2, -0.15) is 0 Å². The summed E-state index contributed by atoms with van der Waals surface area (Å²) < 4.78 is 16.8. The van der Waals surface area contributed by atoms with E-state index in [0.29, 0.717) is 50.3 Å². The van der Waals surface area contributed by atoms with Gasteiger partial charge in [-0.1, -0.05) is 88.4 Å². The first-order chi connectivity index (χ1) is 31.2. The fourth-order valence-corrected chi connectivity index (χ4v) is 7.82. The molecule has 2 heterocycles. The van der Waals surface area contributed by atoms with Crippen LogP contribution < -0.4 is 30.9 Å². The van der Waals surface area contributed by atoms with Gasteiger partial charge in [-0.25, -0.2) is 9.59 Å². The Morgan fingerprint density at radius 1 is 0.697 bits per heavy atom. The lowest BCUT2D eigenvalue weighted by Crippen LogP contribution is -2.59. The number of carbonyl (C=O) groups is 6. The van der Waals surface area contributed by atoms with Crippen molar-refractivity contribution >= 4 is 41.4 Å². The summed E-state index contributed by atoms with van der Waals surface area (Å²) in [5.74, 6) is -1.57. The summed E-state index contributed by atoms with van der Waals surface area (Å²) in [7, 11) is 0. The van der Waals surface area contributed by atoms with Crippen molar-refractivity contribution in [3.05, 3.63) is 95.6 Å². The van der Waals surface area contributed by atoms with Gasteiger partial charge in [0, 0.05) is 38.3 Å². The highest BCUT2D eigenvalue weighted by molar-refractivity contribution is 5.98. The van der Waals surface area contributed by atoms with Crippen LogP contribution in [0.4, 0.5) is 15.3 Å². The Hall–Kier alpha value is -5.96. The zero-order valence-corrected chi connectivity index (χ0v) is 40.1. The molecule has 66 heavy (non-hydrogen) atoms. The van der Waals surface area contributed by atoms with E-state index in [2.05, 4.69) is 26.2 Å². The van der Waals surface area contributed by atoms with E-state index in [1.165, 1.54) is 0 Å². The van der Waals surface area contributed by atoms with E-state index in [-0.39, 0.29) is 49.6 Å². The summed E-state index contributed by atoms with van der Waals surface area (Å²) in [5, 5.41) is 11.5. The lowest BCUT2D eigenvalue weighted by Gasteiger charge is -2.37. The van der Waals surface area contributed by atoms with E-state index in [1.54, 1.807) is 17.9 Å². The summed E-state index contributed by atoms with van der Waals surface area (Å²) in [6.45, 7) is 19.3. The molecule has 0 spiro atoms. The molecule has 15 heteroatoms. The van der Waals surface area contributed by atoms with Crippen LogP contribution in [-0.4, -0.2) is 109 Å². The second-order valence-corrected chi connectivity index (χ2v) is 19.5. The molecule has 15 nitrogen and oxygen atoms in total. The Kier molecular flexibility index (Phi) is 17.8. The molecule has 358 valence electrons. The van der Waals surface area contributed by atoms with Crippen LogP contribution in [0.5, 0.6) is 5.75 Å². The van der Waals surface area contributed by atoms with Crippen LogP contribution in [0.25, 0.3) is 0 Å². The summed E-state index contributed by atoms with van der Waals surface area (Å²) >= 11 is 0. The summed E-state index contributed by atoms with van der Waals surface area (Å²) in [5.41, 5.74) is 1.81. The second kappa shape index (κ2) is 23.0. The van der Waals surface area contributed by atoms with Crippen LogP contribution in [0, 0.1) is 18.8 Å². The predicted molar refractivity (Wildman–Crippen MR) is 253 cm³/mol. The third-order valence-corrected chi connectivity index (χ3v) is 11.5. The van der Waals surface area contributed by atoms with E-state index in [4.69, 9.17) is 14.2 Å². The number of benzene rings is 3. The average molecular weight is 911 g/mol. The largest absolute Gasteiger partial charge is 0.444 e. The van der Waals surface area contributed by atoms with Crippen LogP contribution in [0.15, 0.2) is 78.9 Å². The van der Waals surface area contributed by atoms with Crippen molar-refractivity contribution in [2.45, 2.75) is 130 Å². The number of nitrogens with one attached hydrogen (secondary N) is 4. The van der Waals surface area contributed by atoms with Crippen LogP contribution in [0.2, 0.25) is 0 Å². The summed E-state index contributed by atoms with van der Waals surface area (Å²) in [6.07, 6.45) is 0.215. The molecule has 2 aliphatic rings. The van der Waals surface area contributed by atoms with Gasteiger partial charge in [-0.3, -0.25) is 19.2 Å². The maximum atomic E-state index is 14.3.